The standard InChI is InChI=1S/C8H16O3S/c1-3-6(8(10)11)7(9)4-5-12-2/h6-7,9H,3-5H2,1-2H3,(H,10,11). The van der Waals surface area contributed by atoms with Crippen molar-refractivity contribution in [3.05, 3.63) is 0 Å². The normalized spacial score (nSPS) is 15.6. The van der Waals surface area contributed by atoms with Crippen molar-refractivity contribution in [2.45, 2.75) is 25.9 Å². The third-order valence-corrected chi connectivity index (χ3v) is 2.48. The van der Waals surface area contributed by atoms with Gasteiger partial charge in [0.05, 0.1) is 12.0 Å². The van der Waals surface area contributed by atoms with Gasteiger partial charge in [-0.2, -0.15) is 11.8 Å². The van der Waals surface area contributed by atoms with Crippen LogP contribution < -0.4 is 0 Å². The number of rotatable bonds is 6. The highest BCUT2D eigenvalue weighted by molar-refractivity contribution is 7.98. The molecular formula is C8H16O3S. The van der Waals surface area contributed by atoms with Gasteiger partial charge in [-0.25, -0.2) is 0 Å². The SMILES string of the molecule is CCC(C(=O)O)C(O)CCSC. The Kier molecular flexibility index (Phi) is 6.20. The van der Waals surface area contributed by atoms with Gasteiger partial charge in [-0.3, -0.25) is 4.79 Å². The van der Waals surface area contributed by atoms with E-state index in [0.717, 1.165) is 5.75 Å². The van der Waals surface area contributed by atoms with E-state index in [4.69, 9.17) is 5.11 Å². The first-order valence-electron chi connectivity index (χ1n) is 4.03. The average Bonchev–Trinajstić information content (AvgIpc) is 2.01. The van der Waals surface area contributed by atoms with Crippen molar-refractivity contribution in [3.8, 4) is 0 Å². The molecule has 2 unspecified atom stereocenters. The summed E-state index contributed by atoms with van der Waals surface area (Å²) in [5, 5.41) is 18.1. The fourth-order valence-corrected chi connectivity index (χ4v) is 1.53. The van der Waals surface area contributed by atoms with Crippen LogP contribution in [0.4, 0.5) is 0 Å². The smallest absolute Gasteiger partial charge is 0.309 e. The fraction of sp³-hybridized carbons (Fsp3) is 0.875. The maximum Gasteiger partial charge on any atom is 0.309 e. The largest absolute Gasteiger partial charge is 0.481 e. The molecule has 0 amide bonds. The molecule has 0 aromatic carbocycles. The number of aliphatic carboxylic acids is 1. The maximum absolute atomic E-state index is 10.6. The molecule has 0 spiro atoms. The fourth-order valence-electron chi connectivity index (χ4n) is 1.05. The molecular weight excluding hydrogens is 176 g/mol. The lowest BCUT2D eigenvalue weighted by molar-refractivity contribution is -0.145. The number of aliphatic hydroxyl groups is 1. The topological polar surface area (TPSA) is 57.5 Å². The molecule has 0 saturated heterocycles. The predicted octanol–water partition coefficient (Wildman–Crippen LogP) is 1.21. The van der Waals surface area contributed by atoms with E-state index in [0.29, 0.717) is 12.8 Å². The van der Waals surface area contributed by atoms with Crippen molar-refractivity contribution in [1.82, 2.24) is 0 Å². The second kappa shape index (κ2) is 6.31. The molecule has 0 aliphatic carbocycles. The molecule has 3 nitrogen and oxygen atoms in total. The van der Waals surface area contributed by atoms with Crippen molar-refractivity contribution in [3.63, 3.8) is 0 Å². The number of carboxylic acid groups (broad SMARTS) is 1. The van der Waals surface area contributed by atoms with Crippen LogP contribution in [0.3, 0.4) is 0 Å². The first-order valence-corrected chi connectivity index (χ1v) is 5.42. The Morgan fingerprint density at radius 2 is 2.17 bits per heavy atom. The van der Waals surface area contributed by atoms with Gasteiger partial charge in [0.15, 0.2) is 0 Å². The Morgan fingerprint density at radius 3 is 2.50 bits per heavy atom. The molecule has 0 bridgehead atoms. The first kappa shape index (κ1) is 11.8. The van der Waals surface area contributed by atoms with Crippen molar-refractivity contribution < 1.29 is 15.0 Å². The van der Waals surface area contributed by atoms with Crippen molar-refractivity contribution in [2.24, 2.45) is 5.92 Å². The number of carbonyl (C=O) groups is 1. The van der Waals surface area contributed by atoms with Crippen LogP contribution >= 0.6 is 11.8 Å². The lowest BCUT2D eigenvalue weighted by Gasteiger charge is -2.16. The first-order chi connectivity index (χ1) is 5.63. The zero-order chi connectivity index (χ0) is 9.56. The van der Waals surface area contributed by atoms with Gasteiger partial charge in [0, 0.05) is 0 Å². The second-order valence-electron chi connectivity index (χ2n) is 2.70. The Hall–Kier alpha value is -0.220. The van der Waals surface area contributed by atoms with Gasteiger partial charge in [-0.15, -0.1) is 0 Å². The quantitative estimate of drug-likeness (QED) is 0.664. The molecule has 12 heavy (non-hydrogen) atoms. The Labute approximate surface area is 77.2 Å². The van der Waals surface area contributed by atoms with Crippen LogP contribution in [0.15, 0.2) is 0 Å². The summed E-state index contributed by atoms with van der Waals surface area (Å²) in [5.41, 5.74) is 0. The van der Waals surface area contributed by atoms with Gasteiger partial charge >= 0.3 is 5.97 Å². The van der Waals surface area contributed by atoms with Crippen LogP contribution in [0.25, 0.3) is 0 Å². The zero-order valence-electron chi connectivity index (χ0n) is 7.49. The molecule has 0 heterocycles. The third kappa shape index (κ3) is 3.97. The van der Waals surface area contributed by atoms with Crippen LogP contribution in [0.2, 0.25) is 0 Å². The van der Waals surface area contributed by atoms with Crippen molar-refractivity contribution in [1.29, 1.82) is 0 Å². The summed E-state index contributed by atoms with van der Waals surface area (Å²) < 4.78 is 0. The van der Waals surface area contributed by atoms with E-state index >= 15 is 0 Å². The summed E-state index contributed by atoms with van der Waals surface area (Å²) in [6, 6.07) is 0. The predicted molar refractivity (Wildman–Crippen MR) is 50.4 cm³/mol. The lowest BCUT2D eigenvalue weighted by Crippen LogP contribution is -2.27. The summed E-state index contributed by atoms with van der Waals surface area (Å²) in [6.45, 7) is 1.78. The minimum atomic E-state index is -0.897. The molecule has 0 aromatic heterocycles. The van der Waals surface area contributed by atoms with Crippen LogP contribution in [-0.4, -0.2) is 34.3 Å². The van der Waals surface area contributed by atoms with E-state index in [1.807, 2.05) is 6.26 Å². The lowest BCUT2D eigenvalue weighted by atomic mass is 9.98. The van der Waals surface area contributed by atoms with Gasteiger partial charge in [0.1, 0.15) is 0 Å². The van der Waals surface area contributed by atoms with Crippen LogP contribution in [0.5, 0.6) is 0 Å². The van der Waals surface area contributed by atoms with E-state index in [9.17, 15) is 9.90 Å². The van der Waals surface area contributed by atoms with E-state index in [-0.39, 0.29) is 0 Å². The Morgan fingerprint density at radius 1 is 1.58 bits per heavy atom. The highest BCUT2D eigenvalue weighted by atomic mass is 32.2. The number of hydrogen-bond donors (Lipinski definition) is 2. The van der Waals surface area contributed by atoms with Gasteiger partial charge in [0.25, 0.3) is 0 Å². The summed E-state index contributed by atoms with van der Waals surface area (Å²) in [7, 11) is 0. The van der Waals surface area contributed by atoms with Crippen molar-refractivity contribution >= 4 is 17.7 Å². The number of carboxylic acids is 1. The summed E-state index contributed by atoms with van der Waals surface area (Å²) in [6.07, 6.45) is 2.30. The number of thioether (sulfide) groups is 1. The number of hydrogen-bond acceptors (Lipinski definition) is 3. The maximum atomic E-state index is 10.6. The highest BCUT2D eigenvalue weighted by Gasteiger charge is 2.23. The minimum absolute atomic E-state index is 0.491. The van der Waals surface area contributed by atoms with Gasteiger partial charge in [-0.1, -0.05) is 6.92 Å². The van der Waals surface area contributed by atoms with Crippen LogP contribution in [0.1, 0.15) is 19.8 Å². The van der Waals surface area contributed by atoms with E-state index < -0.39 is 18.0 Å². The summed E-state index contributed by atoms with van der Waals surface area (Å²) in [4.78, 5) is 10.6. The van der Waals surface area contributed by atoms with Crippen LogP contribution in [-0.2, 0) is 4.79 Å². The molecule has 0 rings (SSSR count). The monoisotopic (exact) mass is 192 g/mol. The Balaban J connectivity index is 3.85. The molecule has 0 aliphatic rings. The molecule has 0 aromatic rings. The molecule has 4 heteroatoms. The molecule has 2 N–H and O–H groups in total. The van der Waals surface area contributed by atoms with Gasteiger partial charge in [0.2, 0.25) is 0 Å². The summed E-state index contributed by atoms with van der Waals surface area (Å²) in [5.74, 6) is -0.687. The van der Waals surface area contributed by atoms with Crippen molar-refractivity contribution in [2.75, 3.05) is 12.0 Å². The minimum Gasteiger partial charge on any atom is -0.481 e. The highest BCUT2D eigenvalue weighted by Crippen LogP contribution is 2.13. The molecule has 0 aliphatic heterocycles. The number of aliphatic hydroxyl groups excluding tert-OH is 1. The van der Waals surface area contributed by atoms with Gasteiger partial charge in [-0.05, 0) is 24.9 Å². The zero-order valence-corrected chi connectivity index (χ0v) is 8.30. The third-order valence-electron chi connectivity index (χ3n) is 1.84. The van der Waals surface area contributed by atoms with E-state index in [1.54, 1.807) is 18.7 Å². The summed E-state index contributed by atoms with van der Waals surface area (Å²) >= 11 is 1.62. The Bertz CT molecular complexity index is 138. The molecule has 0 radical (unpaired) electrons. The van der Waals surface area contributed by atoms with E-state index in [2.05, 4.69) is 0 Å². The van der Waals surface area contributed by atoms with E-state index in [1.165, 1.54) is 0 Å². The molecule has 2 atom stereocenters. The van der Waals surface area contributed by atoms with Crippen LogP contribution in [0, 0.1) is 5.92 Å². The molecule has 0 saturated carbocycles. The molecule has 72 valence electrons. The molecule has 0 fully saturated rings. The average molecular weight is 192 g/mol. The van der Waals surface area contributed by atoms with Gasteiger partial charge < -0.3 is 10.2 Å². The second-order valence-corrected chi connectivity index (χ2v) is 3.69.